The molecule has 3 aromatic carbocycles. The Bertz CT molecular complexity index is 1530. The molecule has 1 atom stereocenters. The molecule has 6 nitrogen and oxygen atoms in total. The van der Waals surface area contributed by atoms with E-state index in [9.17, 15) is 14.7 Å². The predicted molar refractivity (Wildman–Crippen MR) is 143 cm³/mol. The molecule has 182 valence electrons. The van der Waals surface area contributed by atoms with Crippen molar-refractivity contribution in [2.45, 2.75) is 33.7 Å². The molecule has 1 aliphatic heterocycles. The van der Waals surface area contributed by atoms with E-state index in [1.165, 1.54) is 16.2 Å². The van der Waals surface area contributed by atoms with Crippen LogP contribution < -0.4 is 9.64 Å². The summed E-state index contributed by atoms with van der Waals surface area (Å²) in [5.74, 6) is -1.13. The molecule has 1 fully saturated rings. The van der Waals surface area contributed by atoms with Crippen molar-refractivity contribution in [3.05, 3.63) is 94.1 Å². The third-order valence-electron chi connectivity index (χ3n) is 6.28. The van der Waals surface area contributed by atoms with E-state index in [1.807, 2.05) is 64.1 Å². The standard InChI is InChI=1S/C29H26N2O4S/c1-5-35-21-8-6-7-20(15-21)26(32)23-25(19-11-9-16(2)10-12-19)31(28(34)27(23)33)29-30-24-18(4)13-17(3)14-22(24)36-29/h6-15,25,32H,5H2,1-4H3. The fourth-order valence-electron chi connectivity index (χ4n) is 4.61. The number of nitrogens with zero attached hydrogens (tertiary/aromatic N) is 2. The van der Waals surface area contributed by atoms with Gasteiger partial charge in [0.2, 0.25) is 0 Å². The number of fused-ring (bicyclic) bond motifs is 1. The Hall–Kier alpha value is -3.97. The van der Waals surface area contributed by atoms with Crippen molar-refractivity contribution in [2.24, 2.45) is 0 Å². The number of carbonyl (C=O) groups is 2. The number of rotatable bonds is 5. The maximum Gasteiger partial charge on any atom is 0.301 e. The van der Waals surface area contributed by atoms with Crippen molar-refractivity contribution in [1.29, 1.82) is 0 Å². The van der Waals surface area contributed by atoms with E-state index in [1.54, 1.807) is 24.3 Å². The smallest absolute Gasteiger partial charge is 0.301 e. The fourth-order valence-corrected chi connectivity index (χ4v) is 5.78. The zero-order valence-electron chi connectivity index (χ0n) is 20.5. The van der Waals surface area contributed by atoms with E-state index < -0.39 is 17.7 Å². The van der Waals surface area contributed by atoms with Crippen LogP contribution in [0.15, 0.2) is 66.2 Å². The molecule has 7 heteroatoms. The molecule has 0 bridgehead atoms. The lowest BCUT2D eigenvalue weighted by Crippen LogP contribution is -2.29. The van der Waals surface area contributed by atoms with Gasteiger partial charge in [-0.1, -0.05) is 59.4 Å². The first kappa shape index (κ1) is 23.8. The highest BCUT2D eigenvalue weighted by atomic mass is 32.1. The molecule has 0 saturated carbocycles. The van der Waals surface area contributed by atoms with Gasteiger partial charge in [0.05, 0.1) is 28.4 Å². The summed E-state index contributed by atoms with van der Waals surface area (Å²) in [6.07, 6.45) is 0. The van der Waals surface area contributed by atoms with Crippen molar-refractivity contribution in [2.75, 3.05) is 11.5 Å². The number of aliphatic hydroxyl groups is 1. The first-order valence-corrected chi connectivity index (χ1v) is 12.6. The second-order valence-corrected chi connectivity index (χ2v) is 9.97. The number of aromatic nitrogens is 1. The number of thiazole rings is 1. The number of carbonyl (C=O) groups excluding carboxylic acids is 2. The fraction of sp³-hybridized carbons (Fsp3) is 0.207. The van der Waals surface area contributed by atoms with Crippen LogP contribution in [0.25, 0.3) is 16.0 Å². The second kappa shape index (κ2) is 9.24. The molecule has 4 aromatic rings. The molecule has 1 amide bonds. The molecule has 2 heterocycles. The Morgan fingerprint density at radius 3 is 2.50 bits per heavy atom. The van der Waals surface area contributed by atoms with Crippen LogP contribution in [-0.2, 0) is 9.59 Å². The molecule has 0 radical (unpaired) electrons. The number of hydrogen-bond acceptors (Lipinski definition) is 6. The first-order valence-electron chi connectivity index (χ1n) is 11.8. The molecule has 1 unspecified atom stereocenters. The van der Waals surface area contributed by atoms with Gasteiger partial charge in [0.25, 0.3) is 5.78 Å². The molecule has 1 aliphatic rings. The summed E-state index contributed by atoms with van der Waals surface area (Å²) in [7, 11) is 0. The minimum Gasteiger partial charge on any atom is -0.507 e. The highest BCUT2D eigenvalue weighted by molar-refractivity contribution is 7.22. The predicted octanol–water partition coefficient (Wildman–Crippen LogP) is 6.25. The quantitative estimate of drug-likeness (QED) is 0.200. The maximum atomic E-state index is 13.5. The molecular weight excluding hydrogens is 472 g/mol. The average molecular weight is 499 g/mol. The topological polar surface area (TPSA) is 79.7 Å². The third kappa shape index (κ3) is 4.05. The number of aliphatic hydroxyl groups excluding tert-OH is 1. The number of amides is 1. The van der Waals surface area contributed by atoms with Crippen molar-refractivity contribution in [3.63, 3.8) is 0 Å². The van der Waals surface area contributed by atoms with E-state index in [4.69, 9.17) is 9.72 Å². The van der Waals surface area contributed by atoms with Crippen LogP contribution in [0, 0.1) is 20.8 Å². The minimum absolute atomic E-state index is 0.0321. The first-order chi connectivity index (χ1) is 17.3. The summed E-state index contributed by atoms with van der Waals surface area (Å²) in [4.78, 5) is 33.1. The lowest BCUT2D eigenvalue weighted by atomic mass is 9.95. The zero-order valence-corrected chi connectivity index (χ0v) is 21.3. The van der Waals surface area contributed by atoms with Crippen LogP contribution in [0.3, 0.4) is 0 Å². The lowest BCUT2D eigenvalue weighted by molar-refractivity contribution is -0.132. The number of benzene rings is 3. The molecule has 1 N–H and O–H groups in total. The van der Waals surface area contributed by atoms with Gasteiger partial charge < -0.3 is 9.84 Å². The highest BCUT2D eigenvalue weighted by Crippen LogP contribution is 2.45. The summed E-state index contributed by atoms with van der Waals surface area (Å²) in [6, 6.07) is 17.8. The lowest BCUT2D eigenvalue weighted by Gasteiger charge is -2.23. The zero-order chi connectivity index (χ0) is 25.6. The van der Waals surface area contributed by atoms with Gasteiger partial charge in [0.1, 0.15) is 11.5 Å². The van der Waals surface area contributed by atoms with E-state index in [0.29, 0.717) is 23.1 Å². The van der Waals surface area contributed by atoms with Crippen molar-refractivity contribution in [1.82, 2.24) is 4.98 Å². The maximum absolute atomic E-state index is 13.5. The molecular formula is C29H26N2O4S. The van der Waals surface area contributed by atoms with Gasteiger partial charge in [0.15, 0.2) is 5.13 Å². The molecule has 0 aliphatic carbocycles. The van der Waals surface area contributed by atoms with Crippen LogP contribution in [0.5, 0.6) is 5.75 Å². The molecule has 1 aromatic heterocycles. The van der Waals surface area contributed by atoms with Crippen LogP contribution in [-0.4, -0.2) is 28.4 Å². The van der Waals surface area contributed by atoms with Gasteiger partial charge >= 0.3 is 5.91 Å². The number of ether oxygens (including phenoxy) is 1. The van der Waals surface area contributed by atoms with Crippen molar-refractivity contribution < 1.29 is 19.4 Å². The van der Waals surface area contributed by atoms with Gasteiger partial charge in [0, 0.05) is 5.56 Å². The highest BCUT2D eigenvalue weighted by Gasteiger charge is 2.48. The number of hydrogen-bond donors (Lipinski definition) is 1. The van der Waals surface area contributed by atoms with Gasteiger partial charge in [-0.25, -0.2) is 4.98 Å². The number of ketones is 1. The molecule has 1 saturated heterocycles. The van der Waals surface area contributed by atoms with Crippen molar-refractivity contribution >= 4 is 44.1 Å². The van der Waals surface area contributed by atoms with Crippen LogP contribution in [0.2, 0.25) is 0 Å². The molecule has 36 heavy (non-hydrogen) atoms. The number of Topliss-reactive ketones (excluding diaryl/α,β-unsaturated/α-hetero) is 1. The third-order valence-corrected chi connectivity index (χ3v) is 7.28. The van der Waals surface area contributed by atoms with Crippen LogP contribution in [0.1, 0.15) is 40.8 Å². The van der Waals surface area contributed by atoms with E-state index in [-0.39, 0.29) is 11.3 Å². The Morgan fingerprint density at radius 1 is 1.03 bits per heavy atom. The normalized spacial score (nSPS) is 17.2. The van der Waals surface area contributed by atoms with Gasteiger partial charge in [-0.15, -0.1) is 0 Å². The Morgan fingerprint density at radius 2 is 1.78 bits per heavy atom. The summed E-state index contributed by atoms with van der Waals surface area (Å²) in [5, 5.41) is 11.8. The van der Waals surface area contributed by atoms with Gasteiger partial charge in [-0.05, 0) is 62.6 Å². The van der Waals surface area contributed by atoms with E-state index in [2.05, 4.69) is 0 Å². The molecule has 5 rings (SSSR count). The monoisotopic (exact) mass is 498 g/mol. The molecule has 0 spiro atoms. The summed E-state index contributed by atoms with van der Waals surface area (Å²) < 4.78 is 6.51. The average Bonchev–Trinajstić information content (AvgIpc) is 3.38. The Balaban J connectivity index is 1.72. The van der Waals surface area contributed by atoms with Gasteiger partial charge in [-0.2, -0.15) is 0 Å². The Labute approximate surface area is 213 Å². The summed E-state index contributed by atoms with van der Waals surface area (Å²) >= 11 is 1.37. The SMILES string of the molecule is CCOc1cccc(C(O)=C2C(=O)C(=O)N(c3nc4c(C)cc(C)cc4s3)C2c2ccc(C)cc2)c1. The van der Waals surface area contributed by atoms with Crippen LogP contribution in [0.4, 0.5) is 5.13 Å². The largest absolute Gasteiger partial charge is 0.507 e. The second-order valence-electron chi connectivity index (χ2n) is 8.97. The summed E-state index contributed by atoms with van der Waals surface area (Å²) in [5.41, 5.74) is 5.11. The van der Waals surface area contributed by atoms with Gasteiger partial charge in [-0.3, -0.25) is 14.5 Å². The van der Waals surface area contributed by atoms with E-state index >= 15 is 0 Å². The number of anilines is 1. The Kier molecular flexibility index (Phi) is 6.10. The van der Waals surface area contributed by atoms with Crippen LogP contribution >= 0.6 is 11.3 Å². The van der Waals surface area contributed by atoms with E-state index in [0.717, 1.165) is 32.5 Å². The van der Waals surface area contributed by atoms with Crippen molar-refractivity contribution in [3.8, 4) is 5.75 Å². The minimum atomic E-state index is -0.816. The summed E-state index contributed by atoms with van der Waals surface area (Å²) in [6.45, 7) is 8.31. The number of aryl methyl sites for hydroxylation is 3.